The molecule has 7 nitrogen and oxygen atoms in total. The summed E-state index contributed by atoms with van der Waals surface area (Å²) in [5, 5.41) is 11.9. The van der Waals surface area contributed by atoms with Crippen molar-refractivity contribution in [3.8, 4) is 11.4 Å². The Bertz CT molecular complexity index is 944. The number of thioether (sulfide) groups is 1. The number of tetrazole rings is 1. The SMILES string of the molecule is COC(=O)c1ccc(CSc2nnnn2-c2ccc(OC(F)(F)F)cc2)cc1. The van der Waals surface area contributed by atoms with E-state index in [0.29, 0.717) is 22.2 Å². The van der Waals surface area contributed by atoms with Gasteiger partial charge in [0.2, 0.25) is 5.16 Å². The second-order valence-electron chi connectivity index (χ2n) is 5.39. The molecule has 11 heteroatoms. The topological polar surface area (TPSA) is 79.1 Å². The first-order valence-electron chi connectivity index (χ1n) is 7.80. The quantitative estimate of drug-likeness (QED) is 0.453. The number of hydrogen-bond acceptors (Lipinski definition) is 7. The Kier molecular flexibility index (Phi) is 5.83. The molecule has 1 heterocycles. The first kappa shape index (κ1) is 19.7. The molecule has 3 rings (SSSR count). The Labute approximate surface area is 161 Å². The highest BCUT2D eigenvalue weighted by molar-refractivity contribution is 7.98. The van der Waals surface area contributed by atoms with Crippen LogP contribution in [0, 0.1) is 0 Å². The number of nitrogens with zero attached hydrogens (tertiary/aromatic N) is 4. The van der Waals surface area contributed by atoms with Gasteiger partial charge < -0.3 is 9.47 Å². The Morgan fingerprint density at radius 3 is 2.39 bits per heavy atom. The number of esters is 1. The zero-order valence-corrected chi connectivity index (χ0v) is 15.2. The molecular formula is C17H13F3N4O3S. The largest absolute Gasteiger partial charge is 0.573 e. The maximum absolute atomic E-state index is 12.2. The average molecular weight is 410 g/mol. The van der Waals surface area contributed by atoms with Gasteiger partial charge in [-0.3, -0.25) is 0 Å². The van der Waals surface area contributed by atoms with E-state index in [1.165, 1.54) is 47.8 Å². The van der Waals surface area contributed by atoms with Crippen molar-refractivity contribution in [1.82, 2.24) is 20.2 Å². The fourth-order valence-corrected chi connectivity index (χ4v) is 3.07. The van der Waals surface area contributed by atoms with Crippen LogP contribution in [0.1, 0.15) is 15.9 Å². The number of ether oxygens (including phenoxy) is 2. The number of hydrogen-bond donors (Lipinski definition) is 0. The lowest BCUT2D eigenvalue weighted by molar-refractivity contribution is -0.274. The van der Waals surface area contributed by atoms with Crippen molar-refractivity contribution in [3.63, 3.8) is 0 Å². The van der Waals surface area contributed by atoms with Gasteiger partial charge in [0.25, 0.3) is 0 Å². The van der Waals surface area contributed by atoms with Crippen LogP contribution in [-0.4, -0.2) is 39.6 Å². The predicted octanol–water partition coefficient (Wildman–Crippen LogP) is 3.64. The molecule has 0 spiro atoms. The minimum atomic E-state index is -4.75. The van der Waals surface area contributed by atoms with E-state index in [2.05, 4.69) is 25.0 Å². The fourth-order valence-electron chi connectivity index (χ4n) is 2.22. The first-order chi connectivity index (χ1) is 13.4. The van der Waals surface area contributed by atoms with E-state index in [4.69, 9.17) is 0 Å². The highest BCUT2D eigenvalue weighted by Gasteiger charge is 2.31. The Balaban J connectivity index is 1.68. The van der Waals surface area contributed by atoms with Crippen LogP contribution in [-0.2, 0) is 10.5 Å². The van der Waals surface area contributed by atoms with E-state index < -0.39 is 12.3 Å². The highest BCUT2D eigenvalue weighted by atomic mass is 32.2. The molecule has 0 unspecified atom stereocenters. The van der Waals surface area contributed by atoms with Crippen LogP contribution in [0.15, 0.2) is 53.7 Å². The number of halogens is 3. The molecule has 0 aliphatic heterocycles. The molecular weight excluding hydrogens is 397 g/mol. The fraction of sp³-hybridized carbons (Fsp3) is 0.176. The summed E-state index contributed by atoms with van der Waals surface area (Å²) in [5.41, 5.74) is 1.87. The number of methoxy groups -OCH3 is 1. The molecule has 0 atom stereocenters. The van der Waals surface area contributed by atoms with E-state index in [0.717, 1.165) is 5.56 Å². The average Bonchev–Trinajstić information content (AvgIpc) is 3.14. The maximum Gasteiger partial charge on any atom is 0.573 e. The van der Waals surface area contributed by atoms with E-state index >= 15 is 0 Å². The molecule has 1 aromatic heterocycles. The van der Waals surface area contributed by atoms with E-state index in [1.807, 2.05) is 0 Å². The molecule has 0 aliphatic carbocycles. The molecule has 0 bridgehead atoms. The maximum atomic E-state index is 12.2. The smallest absolute Gasteiger partial charge is 0.465 e. The van der Waals surface area contributed by atoms with Crippen molar-refractivity contribution in [1.29, 1.82) is 0 Å². The second-order valence-corrected chi connectivity index (χ2v) is 6.33. The molecule has 28 heavy (non-hydrogen) atoms. The summed E-state index contributed by atoms with van der Waals surface area (Å²) in [6.07, 6.45) is -4.75. The number of rotatable bonds is 6. The van der Waals surface area contributed by atoms with Gasteiger partial charge in [0.05, 0.1) is 18.4 Å². The van der Waals surface area contributed by atoms with Crippen molar-refractivity contribution in [2.45, 2.75) is 17.3 Å². The number of carbonyl (C=O) groups excluding carboxylic acids is 1. The highest BCUT2D eigenvalue weighted by Crippen LogP contribution is 2.26. The lowest BCUT2D eigenvalue weighted by atomic mass is 10.1. The van der Waals surface area contributed by atoms with Crippen LogP contribution < -0.4 is 4.74 Å². The molecule has 0 fully saturated rings. The lowest BCUT2D eigenvalue weighted by Gasteiger charge is -2.09. The third-order valence-electron chi connectivity index (χ3n) is 3.50. The Hall–Kier alpha value is -3.08. The summed E-state index contributed by atoms with van der Waals surface area (Å²) in [7, 11) is 1.31. The number of alkyl halides is 3. The molecule has 2 aromatic carbocycles. The zero-order valence-electron chi connectivity index (χ0n) is 14.4. The third kappa shape index (κ3) is 5.00. The van der Waals surface area contributed by atoms with Gasteiger partial charge >= 0.3 is 12.3 Å². The normalized spacial score (nSPS) is 11.3. The molecule has 0 N–H and O–H groups in total. The van der Waals surface area contributed by atoms with Crippen LogP contribution in [0.5, 0.6) is 5.75 Å². The van der Waals surface area contributed by atoms with Crippen LogP contribution >= 0.6 is 11.8 Å². The van der Waals surface area contributed by atoms with E-state index in [9.17, 15) is 18.0 Å². The van der Waals surface area contributed by atoms with Gasteiger partial charge in [0.1, 0.15) is 5.75 Å². The van der Waals surface area contributed by atoms with Crippen molar-refractivity contribution >= 4 is 17.7 Å². The number of benzene rings is 2. The molecule has 146 valence electrons. The first-order valence-corrected chi connectivity index (χ1v) is 8.79. The van der Waals surface area contributed by atoms with Gasteiger partial charge in [-0.25, -0.2) is 4.79 Å². The zero-order chi connectivity index (χ0) is 20.1. The molecule has 3 aromatic rings. The number of carbonyl (C=O) groups is 1. The van der Waals surface area contributed by atoms with Gasteiger partial charge in [-0.1, -0.05) is 23.9 Å². The molecule has 0 radical (unpaired) electrons. The van der Waals surface area contributed by atoms with Gasteiger partial charge in [-0.2, -0.15) is 4.68 Å². The predicted molar refractivity (Wildman–Crippen MR) is 93.2 cm³/mol. The molecule has 0 amide bonds. The Morgan fingerprint density at radius 1 is 1.11 bits per heavy atom. The summed E-state index contributed by atoms with van der Waals surface area (Å²) in [5.74, 6) is -0.220. The van der Waals surface area contributed by atoms with Crippen molar-refractivity contribution in [2.75, 3.05) is 7.11 Å². The van der Waals surface area contributed by atoms with Crippen LogP contribution in [0.4, 0.5) is 13.2 Å². The van der Waals surface area contributed by atoms with Crippen LogP contribution in [0.3, 0.4) is 0 Å². The standard InChI is InChI=1S/C17H13F3N4O3S/c1-26-15(25)12-4-2-11(3-5-12)10-28-16-21-22-23-24(16)13-6-8-14(9-7-13)27-17(18,19)20/h2-9H,10H2,1H3. The van der Waals surface area contributed by atoms with Gasteiger partial charge in [-0.15, -0.1) is 18.3 Å². The van der Waals surface area contributed by atoms with E-state index in [1.54, 1.807) is 24.3 Å². The minimum Gasteiger partial charge on any atom is -0.465 e. The second kappa shape index (κ2) is 8.30. The van der Waals surface area contributed by atoms with Gasteiger partial charge in [0, 0.05) is 5.75 Å². The van der Waals surface area contributed by atoms with Crippen LogP contribution in [0.25, 0.3) is 5.69 Å². The molecule has 0 saturated heterocycles. The van der Waals surface area contributed by atoms with Crippen LogP contribution in [0.2, 0.25) is 0 Å². The lowest BCUT2D eigenvalue weighted by Crippen LogP contribution is -2.17. The number of aromatic nitrogens is 4. The van der Waals surface area contributed by atoms with E-state index in [-0.39, 0.29) is 5.75 Å². The minimum absolute atomic E-state index is 0.329. The summed E-state index contributed by atoms with van der Waals surface area (Å²) in [6, 6.07) is 12.1. The summed E-state index contributed by atoms with van der Waals surface area (Å²) in [4.78, 5) is 11.4. The summed E-state index contributed by atoms with van der Waals surface area (Å²) in [6.45, 7) is 0. The van der Waals surface area contributed by atoms with Gasteiger partial charge in [-0.05, 0) is 52.4 Å². The van der Waals surface area contributed by atoms with Gasteiger partial charge in [0.15, 0.2) is 0 Å². The Morgan fingerprint density at radius 2 is 1.79 bits per heavy atom. The van der Waals surface area contributed by atoms with Crippen molar-refractivity contribution in [2.24, 2.45) is 0 Å². The van der Waals surface area contributed by atoms with Crippen molar-refractivity contribution < 1.29 is 27.4 Å². The summed E-state index contributed by atoms with van der Waals surface area (Å²) >= 11 is 1.34. The molecule has 0 saturated carbocycles. The monoisotopic (exact) mass is 410 g/mol. The van der Waals surface area contributed by atoms with Crippen molar-refractivity contribution in [3.05, 3.63) is 59.7 Å². The third-order valence-corrected chi connectivity index (χ3v) is 4.49. The summed E-state index contributed by atoms with van der Waals surface area (Å²) < 4.78 is 46.6. The molecule has 0 aliphatic rings.